The molecule has 1 aromatic carbocycles. The van der Waals surface area contributed by atoms with E-state index in [2.05, 4.69) is 9.72 Å². The Labute approximate surface area is 140 Å². The summed E-state index contributed by atoms with van der Waals surface area (Å²) in [4.78, 5) is 50.9. The predicted octanol–water partition coefficient (Wildman–Crippen LogP) is 1.60. The zero-order valence-corrected chi connectivity index (χ0v) is 13.4. The van der Waals surface area contributed by atoms with E-state index in [0.29, 0.717) is 0 Å². The zero-order chi connectivity index (χ0) is 18.1. The third-order valence-electron chi connectivity index (χ3n) is 3.57. The maximum atomic E-state index is 12.4. The van der Waals surface area contributed by atoms with Crippen LogP contribution in [0.1, 0.15) is 28.0 Å². The first-order valence-corrected chi connectivity index (χ1v) is 7.35. The minimum absolute atomic E-state index is 0.0169. The van der Waals surface area contributed by atoms with Crippen molar-refractivity contribution in [3.05, 3.63) is 56.2 Å². The Balaban J connectivity index is 2.32. The van der Waals surface area contributed by atoms with Crippen LogP contribution in [0.25, 0.3) is 21.9 Å². The molecule has 2 aromatic heterocycles. The molecule has 0 saturated heterocycles. The van der Waals surface area contributed by atoms with Crippen molar-refractivity contribution in [1.29, 1.82) is 0 Å². The summed E-state index contributed by atoms with van der Waals surface area (Å²) < 4.78 is 14.8. The third-order valence-corrected chi connectivity index (χ3v) is 3.57. The third kappa shape index (κ3) is 2.78. The Kier molecular flexibility index (Phi) is 4.10. The van der Waals surface area contributed by atoms with Crippen molar-refractivity contribution in [1.82, 2.24) is 4.98 Å². The molecule has 128 valence electrons. The lowest BCUT2D eigenvalue weighted by Gasteiger charge is -2.06. The smallest absolute Gasteiger partial charge is 0.374 e. The molecule has 25 heavy (non-hydrogen) atoms. The van der Waals surface area contributed by atoms with Gasteiger partial charge < -0.3 is 18.9 Å². The zero-order valence-electron chi connectivity index (χ0n) is 13.4. The summed E-state index contributed by atoms with van der Waals surface area (Å²) in [7, 11) is 1.19. The van der Waals surface area contributed by atoms with Crippen LogP contribution in [0.3, 0.4) is 0 Å². The van der Waals surface area contributed by atoms with E-state index in [4.69, 9.17) is 9.15 Å². The molecule has 0 aliphatic carbocycles. The van der Waals surface area contributed by atoms with Gasteiger partial charge in [-0.25, -0.2) is 9.59 Å². The molecule has 0 fully saturated rings. The van der Waals surface area contributed by atoms with Crippen LogP contribution in [0.15, 0.2) is 38.3 Å². The van der Waals surface area contributed by atoms with E-state index in [1.54, 1.807) is 6.92 Å². The molecule has 1 N–H and O–H groups in total. The molecule has 0 spiro atoms. The van der Waals surface area contributed by atoms with Gasteiger partial charge in [0.2, 0.25) is 5.76 Å². The van der Waals surface area contributed by atoms with Gasteiger partial charge in [0, 0.05) is 12.1 Å². The molecule has 0 aliphatic heterocycles. The second-order valence-electron chi connectivity index (χ2n) is 5.10. The molecule has 0 atom stereocenters. The van der Waals surface area contributed by atoms with Crippen LogP contribution in [0, 0.1) is 0 Å². The van der Waals surface area contributed by atoms with Crippen LogP contribution in [-0.4, -0.2) is 30.6 Å². The molecule has 0 radical (unpaired) electrons. The van der Waals surface area contributed by atoms with E-state index in [-0.39, 0.29) is 39.9 Å². The van der Waals surface area contributed by atoms with Gasteiger partial charge in [0.1, 0.15) is 11.3 Å². The number of fused-ring (bicyclic) bond motifs is 3. The summed E-state index contributed by atoms with van der Waals surface area (Å²) >= 11 is 0. The van der Waals surface area contributed by atoms with E-state index in [1.165, 1.54) is 19.2 Å². The molecular formula is C17H13NO7. The number of H-pyrrole nitrogens is 1. The van der Waals surface area contributed by atoms with E-state index >= 15 is 0 Å². The van der Waals surface area contributed by atoms with Crippen molar-refractivity contribution in [3.8, 4) is 0 Å². The number of esters is 2. The number of hydrogen-bond acceptors (Lipinski definition) is 7. The van der Waals surface area contributed by atoms with E-state index in [9.17, 15) is 19.2 Å². The van der Waals surface area contributed by atoms with Crippen LogP contribution < -0.4 is 10.9 Å². The molecule has 2 heterocycles. The van der Waals surface area contributed by atoms with Gasteiger partial charge in [0.05, 0.1) is 30.0 Å². The standard InChI is InChI=1S/C17H13NO7/c1-3-24-17(22)13-7-11(20)15-12(25-13)5-4-8-14(15)10(19)6-9(18-8)16(21)23-2/h4-7H,3H2,1-2H3,(H,18,19). The average Bonchev–Trinajstić information content (AvgIpc) is 2.60. The number of carbonyl (C=O) groups is 2. The van der Waals surface area contributed by atoms with Crippen molar-refractivity contribution < 1.29 is 23.5 Å². The SMILES string of the molecule is CCOC(=O)c1cc(=O)c2c(ccc3[nH]c(C(=O)OC)cc(=O)c32)o1. The van der Waals surface area contributed by atoms with Crippen molar-refractivity contribution in [2.45, 2.75) is 6.92 Å². The maximum Gasteiger partial charge on any atom is 0.374 e. The van der Waals surface area contributed by atoms with Crippen LogP contribution >= 0.6 is 0 Å². The van der Waals surface area contributed by atoms with Gasteiger partial charge in [-0.15, -0.1) is 0 Å². The second-order valence-corrected chi connectivity index (χ2v) is 5.10. The molecule has 0 amide bonds. The largest absolute Gasteiger partial charge is 0.464 e. The quantitative estimate of drug-likeness (QED) is 0.567. The number of rotatable bonds is 3. The fraction of sp³-hybridized carbons (Fsp3) is 0.176. The maximum absolute atomic E-state index is 12.4. The number of ether oxygens (including phenoxy) is 2. The Bertz CT molecular complexity index is 1120. The first-order chi connectivity index (χ1) is 12.0. The lowest BCUT2D eigenvalue weighted by atomic mass is 10.1. The lowest BCUT2D eigenvalue weighted by molar-refractivity contribution is 0.0490. The number of methoxy groups -OCH3 is 1. The highest BCUT2D eigenvalue weighted by Gasteiger charge is 2.18. The normalized spacial score (nSPS) is 10.8. The first kappa shape index (κ1) is 16.4. The topological polar surface area (TPSA) is 116 Å². The Morgan fingerprint density at radius 3 is 2.48 bits per heavy atom. The number of aromatic amines is 1. The van der Waals surface area contributed by atoms with Crippen LogP contribution in [0.4, 0.5) is 0 Å². The molecule has 0 bridgehead atoms. The minimum Gasteiger partial charge on any atom is -0.464 e. The number of carbonyl (C=O) groups excluding carboxylic acids is 2. The molecular weight excluding hydrogens is 330 g/mol. The fourth-order valence-corrected chi connectivity index (χ4v) is 2.52. The van der Waals surface area contributed by atoms with Gasteiger partial charge in [-0.3, -0.25) is 9.59 Å². The second kappa shape index (κ2) is 6.23. The molecule has 3 aromatic rings. The average molecular weight is 343 g/mol. The van der Waals surface area contributed by atoms with E-state index in [0.717, 1.165) is 12.1 Å². The summed E-state index contributed by atoms with van der Waals surface area (Å²) in [5.74, 6) is -1.72. The number of nitrogens with one attached hydrogen (secondary N) is 1. The van der Waals surface area contributed by atoms with Crippen LogP contribution in [0.2, 0.25) is 0 Å². The summed E-state index contributed by atoms with van der Waals surface area (Å²) in [5.41, 5.74) is -0.801. The van der Waals surface area contributed by atoms with Gasteiger partial charge in [-0.2, -0.15) is 0 Å². The van der Waals surface area contributed by atoms with Gasteiger partial charge in [-0.1, -0.05) is 0 Å². The predicted molar refractivity (Wildman–Crippen MR) is 87.9 cm³/mol. The molecule has 8 nitrogen and oxygen atoms in total. The summed E-state index contributed by atoms with van der Waals surface area (Å²) in [6.07, 6.45) is 0. The number of hydrogen-bond donors (Lipinski definition) is 1. The van der Waals surface area contributed by atoms with Crippen molar-refractivity contribution >= 4 is 33.8 Å². The lowest BCUT2D eigenvalue weighted by Crippen LogP contribution is -2.15. The van der Waals surface area contributed by atoms with Gasteiger partial charge in [0.15, 0.2) is 10.9 Å². The van der Waals surface area contributed by atoms with Gasteiger partial charge in [0.25, 0.3) is 0 Å². The highest BCUT2D eigenvalue weighted by atomic mass is 16.5. The monoisotopic (exact) mass is 343 g/mol. The van der Waals surface area contributed by atoms with Crippen molar-refractivity contribution in [3.63, 3.8) is 0 Å². The summed E-state index contributed by atoms with van der Waals surface area (Å²) in [6, 6.07) is 4.93. The number of aromatic nitrogens is 1. The fourth-order valence-electron chi connectivity index (χ4n) is 2.52. The summed E-state index contributed by atoms with van der Waals surface area (Å²) in [6.45, 7) is 1.76. The van der Waals surface area contributed by atoms with Crippen molar-refractivity contribution in [2.24, 2.45) is 0 Å². The van der Waals surface area contributed by atoms with E-state index in [1.807, 2.05) is 0 Å². The molecule has 0 unspecified atom stereocenters. The van der Waals surface area contributed by atoms with Crippen molar-refractivity contribution in [2.75, 3.05) is 13.7 Å². The Morgan fingerprint density at radius 2 is 1.80 bits per heavy atom. The van der Waals surface area contributed by atoms with E-state index < -0.39 is 22.8 Å². The van der Waals surface area contributed by atoms with Gasteiger partial charge in [-0.05, 0) is 19.1 Å². The Morgan fingerprint density at radius 1 is 1.08 bits per heavy atom. The molecule has 3 rings (SSSR count). The highest BCUT2D eigenvalue weighted by molar-refractivity contribution is 6.05. The molecule has 0 aliphatic rings. The number of pyridine rings is 1. The van der Waals surface area contributed by atoms with Gasteiger partial charge >= 0.3 is 11.9 Å². The molecule has 0 saturated carbocycles. The first-order valence-electron chi connectivity index (χ1n) is 7.35. The Hall–Kier alpha value is -3.42. The summed E-state index contributed by atoms with van der Waals surface area (Å²) in [5, 5.41) is 0.0810. The number of benzene rings is 1. The molecule has 8 heteroatoms. The van der Waals surface area contributed by atoms with Crippen LogP contribution in [-0.2, 0) is 9.47 Å². The van der Waals surface area contributed by atoms with Crippen LogP contribution in [0.5, 0.6) is 0 Å². The highest BCUT2D eigenvalue weighted by Crippen LogP contribution is 2.20. The minimum atomic E-state index is -0.767.